The second-order valence-electron chi connectivity index (χ2n) is 12.2. The van der Waals surface area contributed by atoms with Crippen LogP contribution in [-0.4, -0.2) is 58.5 Å². The fourth-order valence-corrected chi connectivity index (χ4v) is 5.49. The lowest BCUT2D eigenvalue weighted by Crippen LogP contribution is -2.56. The number of nitrogens with one attached hydrogen (secondary N) is 3. The van der Waals surface area contributed by atoms with E-state index in [0.29, 0.717) is 24.6 Å². The standard InChI is InChI=1S/C40H43N5O5/c1-29(33-16-10-5-11-17-33)24-42-38(46)37(22-30-18-20-35(21-19-30)49-26-31-12-6-3-7-13-31)45(2)39(47)36(23-34-25-41-28-43-34)44-40(48)50-27-32-14-8-4-9-15-32/h3-21,25,28-29,36-37H,22-24,26-27H2,1-2H3,(H,41,43)(H,42,46)(H,44,48)/t29?,36-,37-/m0/s1. The van der Waals surface area contributed by atoms with Crippen LogP contribution < -0.4 is 15.4 Å². The first-order chi connectivity index (χ1) is 24.4. The van der Waals surface area contributed by atoms with Crippen LogP contribution >= 0.6 is 0 Å². The Balaban J connectivity index is 1.31. The van der Waals surface area contributed by atoms with Crippen molar-refractivity contribution in [3.8, 4) is 5.75 Å². The van der Waals surface area contributed by atoms with Crippen LogP contribution in [0.5, 0.6) is 5.75 Å². The van der Waals surface area contributed by atoms with E-state index in [-0.39, 0.29) is 31.3 Å². The van der Waals surface area contributed by atoms with Crippen molar-refractivity contribution in [3.05, 3.63) is 156 Å². The van der Waals surface area contributed by atoms with E-state index in [1.54, 1.807) is 13.2 Å². The number of aromatic nitrogens is 2. The summed E-state index contributed by atoms with van der Waals surface area (Å²) in [6, 6.07) is 34.7. The van der Waals surface area contributed by atoms with Gasteiger partial charge < -0.3 is 30.0 Å². The number of rotatable bonds is 16. The number of imidazole rings is 1. The van der Waals surface area contributed by atoms with E-state index in [4.69, 9.17) is 9.47 Å². The number of benzene rings is 4. The van der Waals surface area contributed by atoms with Crippen LogP contribution in [-0.2, 0) is 40.4 Å². The first kappa shape index (κ1) is 35.4. The zero-order valence-electron chi connectivity index (χ0n) is 28.3. The fourth-order valence-electron chi connectivity index (χ4n) is 5.49. The maximum absolute atomic E-state index is 14.2. The van der Waals surface area contributed by atoms with Crippen LogP contribution in [0, 0.1) is 0 Å². The molecule has 0 bridgehead atoms. The largest absolute Gasteiger partial charge is 0.489 e. The van der Waals surface area contributed by atoms with Crippen molar-refractivity contribution in [1.29, 1.82) is 0 Å². The highest BCUT2D eigenvalue weighted by Crippen LogP contribution is 2.19. The van der Waals surface area contributed by atoms with Gasteiger partial charge in [0.25, 0.3) is 0 Å². The number of nitrogens with zero attached hydrogens (tertiary/aromatic N) is 2. The van der Waals surface area contributed by atoms with Gasteiger partial charge in [-0.05, 0) is 40.3 Å². The van der Waals surface area contributed by atoms with Gasteiger partial charge in [-0.3, -0.25) is 9.59 Å². The molecule has 0 saturated heterocycles. The summed E-state index contributed by atoms with van der Waals surface area (Å²) < 4.78 is 11.4. The predicted molar refractivity (Wildman–Crippen MR) is 191 cm³/mol. The second kappa shape index (κ2) is 18.0. The molecule has 0 aliphatic rings. The fraction of sp³-hybridized carbons (Fsp3) is 0.250. The normalized spacial score (nSPS) is 12.6. The summed E-state index contributed by atoms with van der Waals surface area (Å²) in [6.07, 6.45) is 2.71. The van der Waals surface area contributed by atoms with Gasteiger partial charge >= 0.3 is 6.09 Å². The van der Waals surface area contributed by atoms with Crippen molar-refractivity contribution in [2.75, 3.05) is 13.6 Å². The van der Waals surface area contributed by atoms with Gasteiger partial charge in [-0.2, -0.15) is 0 Å². The molecule has 1 aromatic heterocycles. The van der Waals surface area contributed by atoms with Gasteiger partial charge in [0.15, 0.2) is 0 Å². The first-order valence-corrected chi connectivity index (χ1v) is 16.6. The van der Waals surface area contributed by atoms with Crippen molar-refractivity contribution in [1.82, 2.24) is 25.5 Å². The number of aromatic amines is 1. The maximum atomic E-state index is 14.2. The molecule has 1 heterocycles. The van der Waals surface area contributed by atoms with E-state index >= 15 is 0 Å². The van der Waals surface area contributed by atoms with Gasteiger partial charge in [0.2, 0.25) is 11.8 Å². The van der Waals surface area contributed by atoms with Crippen LogP contribution in [0.3, 0.4) is 0 Å². The minimum absolute atomic E-state index is 0.0448. The number of hydrogen-bond donors (Lipinski definition) is 3. The van der Waals surface area contributed by atoms with Crippen molar-refractivity contribution >= 4 is 17.9 Å². The van der Waals surface area contributed by atoms with Crippen LogP contribution in [0.2, 0.25) is 0 Å². The molecule has 0 aliphatic carbocycles. The van der Waals surface area contributed by atoms with Crippen LogP contribution in [0.25, 0.3) is 0 Å². The zero-order valence-corrected chi connectivity index (χ0v) is 28.3. The number of hydrogen-bond acceptors (Lipinski definition) is 6. The minimum Gasteiger partial charge on any atom is -0.489 e. The Morgan fingerprint density at radius 2 is 1.40 bits per heavy atom. The third-order valence-electron chi connectivity index (χ3n) is 8.45. The quantitative estimate of drug-likeness (QED) is 0.121. The Morgan fingerprint density at radius 1 is 0.780 bits per heavy atom. The van der Waals surface area contributed by atoms with Crippen molar-refractivity contribution < 1.29 is 23.9 Å². The molecule has 0 aliphatic heterocycles. The molecule has 0 fully saturated rings. The molecule has 0 saturated carbocycles. The van der Waals surface area contributed by atoms with Crippen molar-refractivity contribution in [3.63, 3.8) is 0 Å². The van der Waals surface area contributed by atoms with Crippen LogP contribution in [0.1, 0.15) is 40.8 Å². The summed E-state index contributed by atoms with van der Waals surface area (Å²) >= 11 is 0. The monoisotopic (exact) mass is 673 g/mol. The number of carbonyl (C=O) groups excluding carboxylic acids is 3. The SMILES string of the molecule is CC(CNC(=O)[C@H](Cc1ccc(OCc2ccccc2)cc1)N(C)C(=O)[C@H](Cc1cnc[nH]1)NC(=O)OCc1ccccc1)c1ccccc1. The molecule has 5 aromatic rings. The van der Waals surface area contributed by atoms with Gasteiger partial charge in [-0.1, -0.05) is 110 Å². The summed E-state index contributed by atoms with van der Waals surface area (Å²) in [5.74, 6) is -0.00935. The highest BCUT2D eigenvalue weighted by atomic mass is 16.5. The first-order valence-electron chi connectivity index (χ1n) is 16.6. The molecular formula is C40H43N5O5. The molecule has 3 N–H and O–H groups in total. The molecule has 1 unspecified atom stereocenters. The van der Waals surface area contributed by atoms with Gasteiger partial charge in [0, 0.05) is 38.3 Å². The van der Waals surface area contributed by atoms with E-state index in [1.165, 1.54) is 11.2 Å². The smallest absolute Gasteiger partial charge is 0.408 e. The highest BCUT2D eigenvalue weighted by molar-refractivity contribution is 5.91. The number of amides is 3. The lowest BCUT2D eigenvalue weighted by molar-refractivity contribution is -0.140. The van der Waals surface area contributed by atoms with E-state index in [1.807, 2.05) is 122 Å². The van der Waals surface area contributed by atoms with Gasteiger partial charge in [-0.15, -0.1) is 0 Å². The molecular weight excluding hydrogens is 630 g/mol. The van der Waals surface area contributed by atoms with E-state index in [0.717, 1.165) is 22.3 Å². The van der Waals surface area contributed by atoms with Gasteiger partial charge in [0.05, 0.1) is 6.33 Å². The summed E-state index contributed by atoms with van der Waals surface area (Å²) in [6.45, 7) is 2.90. The summed E-state index contributed by atoms with van der Waals surface area (Å²) in [5.41, 5.74) is 4.45. The van der Waals surface area contributed by atoms with Crippen LogP contribution in [0.15, 0.2) is 128 Å². The molecule has 3 amide bonds. The maximum Gasteiger partial charge on any atom is 0.408 e. The summed E-state index contributed by atoms with van der Waals surface area (Å²) in [5, 5.41) is 5.79. The molecule has 3 atom stereocenters. The Bertz CT molecular complexity index is 1770. The Kier molecular flexibility index (Phi) is 12.8. The van der Waals surface area contributed by atoms with Crippen molar-refractivity contribution in [2.45, 2.75) is 51.0 Å². The molecule has 50 heavy (non-hydrogen) atoms. The topological polar surface area (TPSA) is 126 Å². The minimum atomic E-state index is -1.03. The predicted octanol–water partition coefficient (Wildman–Crippen LogP) is 5.82. The summed E-state index contributed by atoms with van der Waals surface area (Å²) in [4.78, 5) is 49.5. The summed E-state index contributed by atoms with van der Waals surface area (Å²) in [7, 11) is 1.58. The van der Waals surface area contributed by atoms with E-state index < -0.39 is 24.1 Å². The number of alkyl carbamates (subject to hydrolysis) is 1. The Labute approximate surface area is 292 Å². The van der Waals surface area contributed by atoms with E-state index in [9.17, 15) is 14.4 Å². The molecule has 0 spiro atoms. The molecule has 5 rings (SSSR count). The molecule has 10 heteroatoms. The highest BCUT2D eigenvalue weighted by Gasteiger charge is 2.33. The number of carbonyl (C=O) groups is 3. The molecule has 10 nitrogen and oxygen atoms in total. The molecule has 4 aromatic carbocycles. The average molecular weight is 674 g/mol. The van der Waals surface area contributed by atoms with Crippen molar-refractivity contribution in [2.24, 2.45) is 0 Å². The lowest BCUT2D eigenvalue weighted by Gasteiger charge is -2.31. The second-order valence-corrected chi connectivity index (χ2v) is 12.2. The Morgan fingerprint density at radius 3 is 2.02 bits per heavy atom. The number of likely N-dealkylation sites (N-methyl/N-ethyl adjacent to an activating group) is 1. The zero-order chi connectivity index (χ0) is 35.1. The van der Waals surface area contributed by atoms with Crippen LogP contribution in [0.4, 0.5) is 4.79 Å². The average Bonchev–Trinajstić information content (AvgIpc) is 3.68. The number of H-pyrrole nitrogens is 1. The van der Waals surface area contributed by atoms with Gasteiger partial charge in [-0.25, -0.2) is 9.78 Å². The van der Waals surface area contributed by atoms with Gasteiger partial charge in [0.1, 0.15) is 31.0 Å². The third kappa shape index (κ3) is 10.6. The Hall–Kier alpha value is -5.90. The van der Waals surface area contributed by atoms with E-state index in [2.05, 4.69) is 20.6 Å². The lowest BCUT2D eigenvalue weighted by atomic mass is 10.00. The molecule has 0 radical (unpaired) electrons. The number of ether oxygens (including phenoxy) is 2. The third-order valence-corrected chi connectivity index (χ3v) is 8.45. The molecule has 258 valence electrons.